The van der Waals surface area contributed by atoms with Crippen molar-refractivity contribution in [3.63, 3.8) is 0 Å². The summed E-state index contributed by atoms with van der Waals surface area (Å²) in [4.78, 5) is 16.1. The van der Waals surface area contributed by atoms with Gasteiger partial charge in [-0.2, -0.15) is 0 Å². The molecule has 0 radical (unpaired) electrons. The number of amides is 1. The molecule has 1 fully saturated rings. The van der Waals surface area contributed by atoms with Gasteiger partial charge in [0.1, 0.15) is 16.8 Å². The molecule has 1 aliphatic rings. The Bertz CT molecular complexity index is 997. The molecule has 6 nitrogen and oxygen atoms in total. The van der Waals surface area contributed by atoms with Crippen LogP contribution < -0.4 is 4.90 Å². The topological polar surface area (TPSA) is 66.9 Å². The molecule has 1 aliphatic heterocycles. The number of carbonyl (C=O) groups is 1. The highest BCUT2D eigenvalue weighted by Crippen LogP contribution is 2.31. The van der Waals surface area contributed by atoms with Crippen LogP contribution in [0.2, 0.25) is 0 Å². The molecule has 0 aromatic heterocycles. The molecule has 2 atom stereocenters. The molecule has 1 amide bonds. The van der Waals surface area contributed by atoms with Gasteiger partial charge in [-0.05, 0) is 37.1 Å². The van der Waals surface area contributed by atoms with Crippen molar-refractivity contribution < 1.29 is 22.3 Å². The second kappa shape index (κ2) is 9.04. The van der Waals surface area contributed by atoms with Gasteiger partial charge in [0, 0.05) is 31.6 Å². The van der Waals surface area contributed by atoms with Crippen LogP contribution in [0.1, 0.15) is 31.9 Å². The lowest BCUT2D eigenvalue weighted by Gasteiger charge is -2.42. The van der Waals surface area contributed by atoms with E-state index in [1.807, 2.05) is 49.1 Å². The van der Waals surface area contributed by atoms with Crippen LogP contribution in [-0.4, -0.2) is 51.4 Å². The van der Waals surface area contributed by atoms with Crippen LogP contribution in [0.25, 0.3) is 0 Å². The summed E-state index contributed by atoms with van der Waals surface area (Å²) >= 11 is 0. The summed E-state index contributed by atoms with van der Waals surface area (Å²) in [6.45, 7) is 5.14. The van der Waals surface area contributed by atoms with E-state index in [1.165, 1.54) is 12.1 Å². The second-order valence-electron chi connectivity index (χ2n) is 7.56. The maximum Gasteiger partial charge on any atom is 0.410 e. The number of carbonyl (C=O) groups excluding carboxylic acids is 1. The van der Waals surface area contributed by atoms with Crippen molar-refractivity contribution in [2.75, 3.05) is 30.8 Å². The first-order valence-corrected chi connectivity index (χ1v) is 11.9. The summed E-state index contributed by atoms with van der Waals surface area (Å²) in [5.41, 5.74) is 1.56. The van der Waals surface area contributed by atoms with Gasteiger partial charge in [-0.1, -0.05) is 37.3 Å². The number of halogens is 1. The summed E-state index contributed by atoms with van der Waals surface area (Å²) in [7, 11) is -3.69. The molecule has 2 unspecified atom stereocenters. The average molecular weight is 435 g/mol. The predicted octanol–water partition coefficient (Wildman–Crippen LogP) is 4.03. The van der Waals surface area contributed by atoms with Gasteiger partial charge in [0.15, 0.2) is 9.84 Å². The van der Waals surface area contributed by atoms with E-state index in [2.05, 4.69) is 0 Å². The van der Waals surface area contributed by atoms with Crippen molar-refractivity contribution in [1.29, 1.82) is 0 Å². The smallest absolute Gasteiger partial charge is 0.410 e. The molecule has 8 heteroatoms. The molecule has 0 N–H and O–H groups in total. The third kappa shape index (κ3) is 4.92. The number of nitrogens with zero attached hydrogens (tertiary/aromatic N) is 2. The van der Waals surface area contributed by atoms with Crippen LogP contribution in [0.5, 0.6) is 0 Å². The van der Waals surface area contributed by atoms with Gasteiger partial charge in [0.25, 0.3) is 0 Å². The van der Waals surface area contributed by atoms with Gasteiger partial charge < -0.3 is 9.64 Å². The molecule has 0 aliphatic carbocycles. The summed E-state index contributed by atoms with van der Waals surface area (Å²) in [5.74, 6) is -0.767. The third-order valence-electron chi connectivity index (χ3n) is 5.36. The first kappa shape index (κ1) is 22.1. The molecular formula is C22H27FN2O4S. The lowest BCUT2D eigenvalue weighted by molar-refractivity contribution is 0.0522. The van der Waals surface area contributed by atoms with Gasteiger partial charge in [0.2, 0.25) is 0 Å². The van der Waals surface area contributed by atoms with Crippen molar-refractivity contribution >= 4 is 21.6 Å². The zero-order chi connectivity index (χ0) is 21.9. The molecule has 2 aromatic rings. The maximum absolute atomic E-state index is 14.0. The molecule has 30 heavy (non-hydrogen) atoms. The Kier molecular flexibility index (Phi) is 6.65. The normalized spacial score (nSPS) is 18.2. The number of sulfone groups is 1. The highest BCUT2D eigenvalue weighted by atomic mass is 32.2. The molecule has 0 spiro atoms. The Labute approximate surface area is 177 Å². The van der Waals surface area contributed by atoms with Crippen molar-refractivity contribution in [3.8, 4) is 0 Å². The minimum absolute atomic E-state index is 0.179. The quantitative estimate of drug-likeness (QED) is 0.711. The molecule has 3 rings (SSSR count). The highest BCUT2D eigenvalue weighted by molar-refractivity contribution is 7.90. The van der Waals surface area contributed by atoms with E-state index < -0.39 is 15.7 Å². The van der Waals surface area contributed by atoms with Crippen LogP contribution in [0, 0.1) is 5.82 Å². The SMILES string of the molecule is CCC(C)OC(=O)N1CCN(c2ccc(F)c(S(C)(=O)=O)c2)CC1c1ccccc1. The van der Waals surface area contributed by atoms with Gasteiger partial charge in [-0.3, -0.25) is 4.90 Å². The van der Waals surface area contributed by atoms with Crippen LogP contribution in [0.3, 0.4) is 0 Å². The minimum Gasteiger partial charge on any atom is -0.446 e. The van der Waals surface area contributed by atoms with Gasteiger partial charge in [-0.15, -0.1) is 0 Å². The molecule has 1 heterocycles. The van der Waals surface area contributed by atoms with Gasteiger partial charge in [0.05, 0.1) is 6.04 Å². The first-order chi connectivity index (χ1) is 14.2. The van der Waals surface area contributed by atoms with E-state index in [-0.39, 0.29) is 23.1 Å². The van der Waals surface area contributed by atoms with Crippen molar-refractivity contribution in [2.24, 2.45) is 0 Å². The molecule has 2 aromatic carbocycles. The van der Waals surface area contributed by atoms with E-state index >= 15 is 0 Å². The monoisotopic (exact) mass is 434 g/mol. The van der Waals surface area contributed by atoms with Gasteiger partial charge >= 0.3 is 6.09 Å². The number of ether oxygens (including phenoxy) is 1. The van der Waals surface area contributed by atoms with Crippen LogP contribution in [-0.2, 0) is 14.6 Å². The van der Waals surface area contributed by atoms with Crippen molar-refractivity contribution in [3.05, 3.63) is 59.9 Å². The van der Waals surface area contributed by atoms with E-state index in [9.17, 15) is 17.6 Å². The fraction of sp³-hybridized carbons (Fsp3) is 0.409. The summed E-state index contributed by atoms with van der Waals surface area (Å²) < 4.78 is 43.4. The van der Waals surface area contributed by atoms with E-state index in [4.69, 9.17) is 4.74 Å². The number of hydrogen-bond donors (Lipinski definition) is 0. The lowest BCUT2D eigenvalue weighted by atomic mass is 10.0. The Hall–Kier alpha value is -2.61. The molecule has 0 bridgehead atoms. The zero-order valence-corrected chi connectivity index (χ0v) is 18.2. The molecule has 1 saturated heterocycles. The van der Waals surface area contributed by atoms with Crippen molar-refractivity contribution in [1.82, 2.24) is 4.90 Å². The Morgan fingerprint density at radius 2 is 1.90 bits per heavy atom. The fourth-order valence-corrected chi connectivity index (χ4v) is 4.25. The Morgan fingerprint density at radius 3 is 2.53 bits per heavy atom. The fourth-order valence-electron chi connectivity index (χ4n) is 3.49. The summed E-state index contributed by atoms with van der Waals surface area (Å²) in [6, 6.07) is 13.5. The number of piperazine rings is 1. The first-order valence-electron chi connectivity index (χ1n) is 9.97. The predicted molar refractivity (Wildman–Crippen MR) is 114 cm³/mol. The van der Waals surface area contributed by atoms with Crippen molar-refractivity contribution in [2.45, 2.75) is 37.3 Å². The number of rotatable bonds is 5. The van der Waals surface area contributed by atoms with Crippen LogP contribution in [0.4, 0.5) is 14.9 Å². The number of hydrogen-bond acceptors (Lipinski definition) is 5. The van der Waals surface area contributed by atoms with Crippen LogP contribution in [0.15, 0.2) is 53.4 Å². The maximum atomic E-state index is 14.0. The second-order valence-corrected chi connectivity index (χ2v) is 9.54. The lowest BCUT2D eigenvalue weighted by Crippen LogP contribution is -2.51. The molecular weight excluding hydrogens is 407 g/mol. The average Bonchev–Trinajstić information content (AvgIpc) is 2.73. The number of anilines is 1. The van der Waals surface area contributed by atoms with Crippen LogP contribution >= 0.6 is 0 Å². The third-order valence-corrected chi connectivity index (χ3v) is 6.47. The molecule has 0 saturated carbocycles. The Balaban J connectivity index is 1.91. The standard InChI is InChI=1S/C22H27FN2O4S/c1-4-16(2)29-22(26)25-13-12-24(15-20(25)17-8-6-5-7-9-17)18-10-11-19(23)21(14-18)30(3,27)28/h5-11,14,16,20H,4,12-13,15H2,1-3H3. The highest BCUT2D eigenvalue weighted by Gasteiger charge is 2.33. The summed E-state index contributed by atoms with van der Waals surface area (Å²) in [5, 5.41) is 0. The zero-order valence-electron chi connectivity index (χ0n) is 17.4. The minimum atomic E-state index is -3.69. The van der Waals surface area contributed by atoms with E-state index in [0.717, 1.165) is 18.2 Å². The largest absolute Gasteiger partial charge is 0.446 e. The molecule has 162 valence electrons. The van der Waals surface area contributed by atoms with E-state index in [1.54, 1.807) is 11.0 Å². The van der Waals surface area contributed by atoms with E-state index in [0.29, 0.717) is 25.3 Å². The Morgan fingerprint density at radius 1 is 1.20 bits per heavy atom. The van der Waals surface area contributed by atoms with Gasteiger partial charge in [-0.25, -0.2) is 17.6 Å². The summed E-state index contributed by atoms with van der Waals surface area (Å²) in [6.07, 6.45) is 1.17. The number of benzene rings is 2.